The zero-order chi connectivity index (χ0) is 18.0. The molecular weight excluding hydrogens is 340 g/mol. The van der Waals surface area contributed by atoms with Crippen LogP contribution in [-0.4, -0.2) is 13.3 Å². The maximum atomic E-state index is 12.5. The molecule has 0 saturated carbocycles. The highest BCUT2D eigenvalue weighted by atomic mass is 32.2. The monoisotopic (exact) mass is 360 g/mol. The Morgan fingerprint density at radius 3 is 2.52 bits per heavy atom. The summed E-state index contributed by atoms with van der Waals surface area (Å²) in [7, 11) is -3.84. The van der Waals surface area contributed by atoms with Crippen molar-refractivity contribution in [2.45, 2.75) is 43.5 Å². The minimum atomic E-state index is -3.84. The second-order valence-corrected chi connectivity index (χ2v) is 8.05. The predicted molar refractivity (Wildman–Crippen MR) is 94.9 cm³/mol. The molecule has 1 N–H and O–H groups in total. The summed E-state index contributed by atoms with van der Waals surface area (Å²) >= 11 is 0. The Kier molecular flexibility index (Phi) is 4.87. The maximum Gasteiger partial charge on any atom is 0.270 e. The van der Waals surface area contributed by atoms with E-state index in [2.05, 4.69) is 16.9 Å². The molecular formula is C18H20N2O4S. The van der Waals surface area contributed by atoms with E-state index < -0.39 is 21.0 Å². The van der Waals surface area contributed by atoms with E-state index in [1.54, 1.807) is 6.92 Å². The van der Waals surface area contributed by atoms with Gasteiger partial charge < -0.3 is 0 Å². The number of hydrogen-bond donors (Lipinski definition) is 1. The van der Waals surface area contributed by atoms with Gasteiger partial charge in [0.15, 0.2) is 0 Å². The molecule has 3 rings (SSSR count). The van der Waals surface area contributed by atoms with Gasteiger partial charge in [-0.2, -0.15) is 0 Å². The number of nitrogens with one attached hydrogen (secondary N) is 1. The molecule has 0 amide bonds. The second kappa shape index (κ2) is 6.93. The summed E-state index contributed by atoms with van der Waals surface area (Å²) < 4.78 is 27.7. The maximum absolute atomic E-state index is 12.5. The van der Waals surface area contributed by atoms with Gasteiger partial charge in [0.05, 0.1) is 9.82 Å². The first-order chi connectivity index (χ1) is 11.9. The van der Waals surface area contributed by atoms with E-state index in [9.17, 15) is 18.5 Å². The summed E-state index contributed by atoms with van der Waals surface area (Å²) in [5.41, 5.74) is 3.27. The van der Waals surface area contributed by atoms with Crippen LogP contribution in [0.4, 0.5) is 5.69 Å². The van der Waals surface area contributed by atoms with E-state index in [0.29, 0.717) is 0 Å². The molecule has 1 aliphatic rings. The van der Waals surface area contributed by atoms with Crippen molar-refractivity contribution < 1.29 is 13.3 Å². The summed E-state index contributed by atoms with van der Waals surface area (Å²) in [5, 5.41) is 10.9. The molecule has 0 spiro atoms. The van der Waals surface area contributed by atoms with Gasteiger partial charge in [-0.25, -0.2) is 13.1 Å². The minimum Gasteiger partial charge on any atom is -0.258 e. The number of nitrogens with zero attached hydrogens (tertiary/aromatic N) is 1. The van der Waals surface area contributed by atoms with Gasteiger partial charge in [0.25, 0.3) is 5.69 Å². The topological polar surface area (TPSA) is 89.3 Å². The van der Waals surface area contributed by atoms with Gasteiger partial charge in [0.1, 0.15) is 0 Å². The molecule has 0 fully saturated rings. The Hall–Kier alpha value is -2.25. The van der Waals surface area contributed by atoms with E-state index in [-0.39, 0.29) is 10.6 Å². The van der Waals surface area contributed by atoms with E-state index >= 15 is 0 Å². The highest BCUT2D eigenvalue weighted by Gasteiger charge is 2.21. The lowest BCUT2D eigenvalue weighted by Gasteiger charge is -2.20. The number of nitro groups is 1. The summed E-state index contributed by atoms with van der Waals surface area (Å²) in [5.74, 6) is 0. The highest BCUT2D eigenvalue weighted by Crippen LogP contribution is 2.26. The molecule has 0 unspecified atom stereocenters. The number of non-ortho nitro benzene ring substituents is 1. The van der Waals surface area contributed by atoms with Crippen molar-refractivity contribution in [1.29, 1.82) is 0 Å². The summed E-state index contributed by atoms with van der Waals surface area (Å²) in [6.07, 6.45) is 4.45. The van der Waals surface area contributed by atoms with Crippen molar-refractivity contribution in [2.75, 3.05) is 0 Å². The molecule has 1 atom stereocenters. The second-order valence-electron chi connectivity index (χ2n) is 6.33. The Morgan fingerprint density at radius 1 is 1.08 bits per heavy atom. The van der Waals surface area contributed by atoms with Gasteiger partial charge in [-0.3, -0.25) is 10.1 Å². The lowest BCUT2D eigenvalue weighted by atomic mass is 9.89. The van der Waals surface area contributed by atoms with Crippen LogP contribution in [0.15, 0.2) is 47.4 Å². The van der Waals surface area contributed by atoms with Crippen molar-refractivity contribution in [2.24, 2.45) is 0 Å². The average Bonchev–Trinajstić information content (AvgIpc) is 2.61. The Labute approximate surface area is 147 Å². The molecule has 1 aliphatic carbocycles. The Morgan fingerprint density at radius 2 is 1.80 bits per heavy atom. The van der Waals surface area contributed by atoms with Crippen LogP contribution in [0, 0.1) is 10.1 Å². The Bertz CT molecular complexity index is 909. The molecule has 7 heteroatoms. The first-order valence-corrected chi connectivity index (χ1v) is 9.73. The van der Waals surface area contributed by atoms with Gasteiger partial charge in [-0.1, -0.05) is 24.3 Å². The molecule has 6 nitrogen and oxygen atoms in total. The Balaban J connectivity index is 1.83. The standard InChI is InChI=1S/C18H20N2O4S/c1-13(15-10-9-14-5-2-3-6-16(14)11-15)19-25(23,24)18-8-4-7-17(12-18)20(21)22/h4,7-13,19H,2-3,5-6H2,1H3/t13-/m1/s1. The fourth-order valence-corrected chi connectivity index (χ4v) is 4.43. The van der Waals surface area contributed by atoms with Gasteiger partial charge >= 0.3 is 0 Å². The van der Waals surface area contributed by atoms with E-state index in [1.807, 2.05) is 6.07 Å². The smallest absolute Gasteiger partial charge is 0.258 e. The van der Waals surface area contributed by atoms with Crippen LogP contribution in [0.3, 0.4) is 0 Å². The first-order valence-electron chi connectivity index (χ1n) is 8.25. The number of rotatable bonds is 5. The summed E-state index contributed by atoms with van der Waals surface area (Å²) in [4.78, 5) is 10.1. The molecule has 0 aromatic heterocycles. The van der Waals surface area contributed by atoms with E-state index in [1.165, 1.54) is 35.7 Å². The molecule has 0 aliphatic heterocycles. The minimum absolute atomic E-state index is 0.105. The SMILES string of the molecule is C[C@@H](NS(=O)(=O)c1cccc([N+](=O)[O-])c1)c1ccc2c(c1)CCCC2. The fourth-order valence-electron chi connectivity index (χ4n) is 3.16. The number of fused-ring (bicyclic) bond motifs is 1. The summed E-state index contributed by atoms with van der Waals surface area (Å²) in [6.45, 7) is 1.78. The molecule has 2 aromatic rings. The van der Waals surface area contributed by atoms with Crippen molar-refractivity contribution in [1.82, 2.24) is 4.72 Å². The van der Waals surface area contributed by atoms with Crippen LogP contribution in [-0.2, 0) is 22.9 Å². The van der Waals surface area contributed by atoms with E-state index in [4.69, 9.17) is 0 Å². The molecule has 0 bridgehead atoms. The van der Waals surface area contributed by atoms with Crippen LogP contribution in [0.5, 0.6) is 0 Å². The first kappa shape index (κ1) is 17.6. The van der Waals surface area contributed by atoms with Crippen molar-refractivity contribution in [3.05, 3.63) is 69.3 Å². The van der Waals surface area contributed by atoms with Crippen molar-refractivity contribution in [3.8, 4) is 0 Å². The fraction of sp³-hybridized carbons (Fsp3) is 0.333. The number of hydrogen-bond acceptors (Lipinski definition) is 4. The number of benzene rings is 2. The predicted octanol–water partition coefficient (Wildman–Crippen LogP) is 3.51. The largest absolute Gasteiger partial charge is 0.270 e. The molecule has 0 heterocycles. The highest BCUT2D eigenvalue weighted by molar-refractivity contribution is 7.89. The molecule has 25 heavy (non-hydrogen) atoms. The molecule has 2 aromatic carbocycles. The molecule has 0 radical (unpaired) electrons. The third-order valence-corrected chi connectivity index (χ3v) is 6.08. The third-order valence-electron chi connectivity index (χ3n) is 4.54. The van der Waals surface area contributed by atoms with Crippen molar-refractivity contribution in [3.63, 3.8) is 0 Å². The molecule has 132 valence electrons. The third kappa shape index (κ3) is 3.88. The zero-order valence-corrected chi connectivity index (χ0v) is 14.8. The van der Waals surface area contributed by atoms with E-state index in [0.717, 1.165) is 30.9 Å². The van der Waals surface area contributed by atoms with Crippen LogP contribution in [0.25, 0.3) is 0 Å². The van der Waals surface area contributed by atoms with Gasteiger partial charge in [0.2, 0.25) is 10.0 Å². The zero-order valence-electron chi connectivity index (χ0n) is 13.9. The number of aryl methyl sites for hydroxylation is 2. The summed E-state index contributed by atoms with van der Waals surface area (Å²) in [6, 6.07) is 10.7. The van der Waals surface area contributed by atoms with Crippen molar-refractivity contribution >= 4 is 15.7 Å². The van der Waals surface area contributed by atoms with Crippen LogP contribution in [0.2, 0.25) is 0 Å². The van der Waals surface area contributed by atoms with Gasteiger partial charge in [-0.05, 0) is 55.4 Å². The van der Waals surface area contributed by atoms with Crippen LogP contribution in [0.1, 0.15) is 42.5 Å². The lowest BCUT2D eigenvalue weighted by Crippen LogP contribution is -2.27. The number of nitro benzene ring substituents is 1. The number of sulfonamides is 1. The quantitative estimate of drug-likeness (QED) is 0.653. The molecule has 0 saturated heterocycles. The van der Waals surface area contributed by atoms with Gasteiger partial charge in [0, 0.05) is 18.2 Å². The van der Waals surface area contributed by atoms with Gasteiger partial charge in [-0.15, -0.1) is 0 Å². The lowest BCUT2D eigenvalue weighted by molar-refractivity contribution is -0.385. The average molecular weight is 360 g/mol. The normalized spacial score (nSPS) is 15.4. The van der Waals surface area contributed by atoms with Crippen LogP contribution < -0.4 is 4.72 Å². The van der Waals surface area contributed by atoms with Crippen LogP contribution >= 0.6 is 0 Å².